The molecule has 3 heteroatoms. The predicted octanol–water partition coefficient (Wildman–Crippen LogP) is 3.84. The summed E-state index contributed by atoms with van der Waals surface area (Å²) < 4.78 is 1.36. The van der Waals surface area contributed by atoms with Crippen LogP contribution in [0.25, 0.3) is 10.1 Å². The van der Waals surface area contributed by atoms with E-state index in [0.29, 0.717) is 5.92 Å². The minimum atomic E-state index is 0.257. The van der Waals surface area contributed by atoms with E-state index in [1.165, 1.54) is 22.1 Å². The van der Waals surface area contributed by atoms with Crippen molar-refractivity contribution in [2.24, 2.45) is 11.8 Å². The first-order valence-electron chi connectivity index (χ1n) is 6.18. The smallest absolute Gasteiger partial charge is 0.0476 e. The van der Waals surface area contributed by atoms with Gasteiger partial charge in [0.2, 0.25) is 0 Å². The summed E-state index contributed by atoms with van der Waals surface area (Å²) in [6, 6.07) is 8.89. The Balaban J connectivity index is 2.32. The van der Waals surface area contributed by atoms with Crippen LogP contribution < -0.4 is 11.3 Å². The number of thiophene rings is 1. The standard InChI is InChI=1S/C14H20N2S/c1-3-10(2)9-13(16-15)12-6-4-5-11-7-8-17-14(11)12/h4-8,10,13,16H,3,9,15H2,1-2H3. The van der Waals surface area contributed by atoms with E-state index in [1.807, 2.05) is 0 Å². The van der Waals surface area contributed by atoms with Gasteiger partial charge in [0.15, 0.2) is 0 Å². The maximum atomic E-state index is 5.72. The molecule has 92 valence electrons. The van der Waals surface area contributed by atoms with Crippen molar-refractivity contribution in [1.29, 1.82) is 0 Å². The van der Waals surface area contributed by atoms with Gasteiger partial charge in [0.1, 0.15) is 0 Å². The fourth-order valence-corrected chi connectivity index (χ4v) is 3.11. The minimum Gasteiger partial charge on any atom is -0.271 e. The van der Waals surface area contributed by atoms with Crippen molar-refractivity contribution in [2.45, 2.75) is 32.7 Å². The first-order chi connectivity index (χ1) is 8.26. The molecule has 0 saturated heterocycles. The summed E-state index contributed by atoms with van der Waals surface area (Å²) in [5, 5.41) is 3.46. The summed E-state index contributed by atoms with van der Waals surface area (Å²) in [7, 11) is 0. The molecule has 0 spiro atoms. The molecule has 17 heavy (non-hydrogen) atoms. The van der Waals surface area contributed by atoms with Crippen molar-refractivity contribution in [3.63, 3.8) is 0 Å². The predicted molar refractivity (Wildman–Crippen MR) is 76.0 cm³/mol. The zero-order chi connectivity index (χ0) is 12.3. The second-order valence-electron chi connectivity index (χ2n) is 4.65. The van der Waals surface area contributed by atoms with E-state index < -0.39 is 0 Å². The fraction of sp³-hybridized carbons (Fsp3) is 0.429. The number of nitrogens with two attached hydrogens (primary N) is 1. The molecule has 2 nitrogen and oxygen atoms in total. The van der Waals surface area contributed by atoms with Gasteiger partial charge in [-0.1, -0.05) is 38.5 Å². The third-order valence-corrected chi connectivity index (χ3v) is 4.40. The first-order valence-corrected chi connectivity index (χ1v) is 7.06. The van der Waals surface area contributed by atoms with Crippen LogP contribution in [0, 0.1) is 5.92 Å². The van der Waals surface area contributed by atoms with Crippen molar-refractivity contribution in [3.05, 3.63) is 35.2 Å². The molecule has 1 aromatic heterocycles. The van der Waals surface area contributed by atoms with Crippen LogP contribution in [0.3, 0.4) is 0 Å². The van der Waals surface area contributed by atoms with Crippen LogP contribution in [-0.2, 0) is 0 Å². The maximum absolute atomic E-state index is 5.72. The second-order valence-corrected chi connectivity index (χ2v) is 5.57. The number of benzene rings is 1. The van der Waals surface area contributed by atoms with E-state index in [9.17, 15) is 0 Å². The lowest BCUT2D eigenvalue weighted by Crippen LogP contribution is -2.29. The molecule has 0 aliphatic heterocycles. The molecule has 2 rings (SSSR count). The van der Waals surface area contributed by atoms with E-state index in [-0.39, 0.29) is 6.04 Å². The third kappa shape index (κ3) is 2.68. The second kappa shape index (κ2) is 5.63. The molecular weight excluding hydrogens is 228 g/mol. The van der Waals surface area contributed by atoms with Crippen molar-refractivity contribution in [3.8, 4) is 0 Å². The number of hydrogen-bond acceptors (Lipinski definition) is 3. The highest BCUT2D eigenvalue weighted by atomic mass is 32.1. The molecule has 0 bridgehead atoms. The molecule has 0 amide bonds. The molecule has 2 aromatic rings. The Morgan fingerprint density at radius 2 is 2.18 bits per heavy atom. The topological polar surface area (TPSA) is 38.0 Å². The van der Waals surface area contributed by atoms with E-state index in [4.69, 9.17) is 5.84 Å². The Kier molecular flexibility index (Phi) is 4.15. The number of hydrogen-bond donors (Lipinski definition) is 2. The highest BCUT2D eigenvalue weighted by Crippen LogP contribution is 2.31. The third-order valence-electron chi connectivity index (χ3n) is 3.42. The van der Waals surface area contributed by atoms with Crippen molar-refractivity contribution in [2.75, 3.05) is 0 Å². The van der Waals surface area contributed by atoms with Gasteiger partial charge >= 0.3 is 0 Å². The maximum Gasteiger partial charge on any atom is 0.0476 e. The Morgan fingerprint density at radius 1 is 1.35 bits per heavy atom. The minimum absolute atomic E-state index is 0.257. The summed E-state index contributed by atoms with van der Waals surface area (Å²) in [6.45, 7) is 4.50. The lowest BCUT2D eigenvalue weighted by atomic mass is 9.94. The number of fused-ring (bicyclic) bond motifs is 1. The van der Waals surface area contributed by atoms with Crippen LogP contribution in [0.5, 0.6) is 0 Å². The van der Waals surface area contributed by atoms with Gasteiger partial charge in [-0.3, -0.25) is 11.3 Å². The van der Waals surface area contributed by atoms with Gasteiger partial charge in [-0.15, -0.1) is 11.3 Å². The van der Waals surface area contributed by atoms with E-state index in [2.05, 4.69) is 48.9 Å². The molecule has 0 aliphatic carbocycles. The summed E-state index contributed by atoms with van der Waals surface area (Å²) in [4.78, 5) is 0. The zero-order valence-corrected chi connectivity index (χ0v) is 11.3. The molecular formula is C14H20N2S. The largest absolute Gasteiger partial charge is 0.271 e. The molecule has 0 fully saturated rings. The normalized spacial score (nSPS) is 15.0. The van der Waals surface area contributed by atoms with Gasteiger partial charge in [0.05, 0.1) is 0 Å². The van der Waals surface area contributed by atoms with Gasteiger partial charge in [0, 0.05) is 10.7 Å². The van der Waals surface area contributed by atoms with Crippen molar-refractivity contribution >= 4 is 21.4 Å². The number of hydrazine groups is 1. The molecule has 1 heterocycles. The first kappa shape index (κ1) is 12.6. The molecule has 2 atom stereocenters. The fourth-order valence-electron chi connectivity index (χ4n) is 2.14. The number of nitrogens with one attached hydrogen (secondary N) is 1. The van der Waals surface area contributed by atoms with Crippen LogP contribution in [0.15, 0.2) is 29.6 Å². The average Bonchev–Trinajstić information content (AvgIpc) is 2.83. The monoisotopic (exact) mass is 248 g/mol. The molecule has 2 unspecified atom stereocenters. The van der Waals surface area contributed by atoms with Gasteiger partial charge < -0.3 is 0 Å². The zero-order valence-electron chi connectivity index (χ0n) is 10.4. The van der Waals surface area contributed by atoms with E-state index >= 15 is 0 Å². The SMILES string of the molecule is CCC(C)CC(NN)c1cccc2ccsc12. The molecule has 0 saturated carbocycles. The number of rotatable bonds is 5. The van der Waals surface area contributed by atoms with Crippen molar-refractivity contribution in [1.82, 2.24) is 5.43 Å². The Hall–Kier alpha value is -0.900. The van der Waals surface area contributed by atoms with E-state index in [0.717, 1.165) is 6.42 Å². The molecule has 1 aromatic carbocycles. The van der Waals surface area contributed by atoms with Gasteiger partial charge in [-0.05, 0) is 34.7 Å². The lowest BCUT2D eigenvalue weighted by molar-refractivity contribution is 0.410. The van der Waals surface area contributed by atoms with Crippen LogP contribution in [0.4, 0.5) is 0 Å². The van der Waals surface area contributed by atoms with Crippen molar-refractivity contribution < 1.29 is 0 Å². The molecule has 3 N–H and O–H groups in total. The Morgan fingerprint density at radius 3 is 2.88 bits per heavy atom. The highest BCUT2D eigenvalue weighted by molar-refractivity contribution is 7.17. The molecule has 0 aliphatic rings. The lowest BCUT2D eigenvalue weighted by Gasteiger charge is -2.20. The van der Waals surface area contributed by atoms with Gasteiger partial charge in [0.25, 0.3) is 0 Å². The summed E-state index contributed by atoms with van der Waals surface area (Å²) in [5.41, 5.74) is 4.31. The summed E-state index contributed by atoms with van der Waals surface area (Å²) >= 11 is 1.80. The Bertz CT molecular complexity index is 478. The van der Waals surface area contributed by atoms with Crippen LogP contribution in [0.2, 0.25) is 0 Å². The highest BCUT2D eigenvalue weighted by Gasteiger charge is 2.15. The van der Waals surface area contributed by atoms with Crippen LogP contribution >= 0.6 is 11.3 Å². The molecule has 0 radical (unpaired) electrons. The van der Waals surface area contributed by atoms with Crippen LogP contribution in [-0.4, -0.2) is 0 Å². The average molecular weight is 248 g/mol. The van der Waals surface area contributed by atoms with E-state index in [1.54, 1.807) is 11.3 Å². The summed E-state index contributed by atoms with van der Waals surface area (Å²) in [5.74, 6) is 6.41. The van der Waals surface area contributed by atoms with Crippen LogP contribution in [0.1, 0.15) is 38.3 Å². The van der Waals surface area contributed by atoms with Gasteiger partial charge in [-0.2, -0.15) is 0 Å². The van der Waals surface area contributed by atoms with Gasteiger partial charge in [-0.25, -0.2) is 0 Å². The Labute approximate surface area is 107 Å². The quantitative estimate of drug-likeness (QED) is 0.623. The summed E-state index contributed by atoms with van der Waals surface area (Å²) in [6.07, 6.45) is 2.28.